The van der Waals surface area contributed by atoms with Gasteiger partial charge in [-0.1, -0.05) is 0 Å². The average Bonchev–Trinajstić information content (AvgIpc) is 2.05. The molecule has 0 aromatic heterocycles. The lowest BCUT2D eigenvalue weighted by Gasteiger charge is -2.15. The van der Waals surface area contributed by atoms with Gasteiger partial charge in [-0.3, -0.25) is 0 Å². The molecule has 0 aliphatic heterocycles. The molecule has 0 saturated heterocycles. The van der Waals surface area contributed by atoms with Crippen LogP contribution in [0.25, 0.3) is 0 Å². The van der Waals surface area contributed by atoms with Crippen LogP contribution in [-0.4, -0.2) is 14.4 Å². The van der Waals surface area contributed by atoms with Crippen molar-refractivity contribution in [3.05, 3.63) is 30.1 Å². The number of nitrogens with zero attached hydrogens (tertiary/aromatic N) is 1. The molecule has 0 radical (unpaired) electrons. The highest BCUT2D eigenvalue weighted by atomic mass is 35.7. The molecule has 0 bridgehead atoms. The Morgan fingerprint density at radius 1 is 1.33 bits per heavy atom. The number of carbonyl (C=O) groups excluding carboxylic acids is 1. The van der Waals surface area contributed by atoms with Gasteiger partial charge in [0.05, 0.1) is 5.69 Å². The zero-order valence-electron chi connectivity index (χ0n) is 7.22. The monoisotopic (exact) mass is 252 g/mol. The van der Waals surface area contributed by atoms with Crippen molar-refractivity contribution in [2.24, 2.45) is 5.73 Å². The lowest BCUT2D eigenvalue weighted by molar-refractivity contribution is 0.257. The highest BCUT2D eigenvalue weighted by Crippen LogP contribution is 2.20. The summed E-state index contributed by atoms with van der Waals surface area (Å²) in [5.41, 5.74) is 4.70. The summed E-state index contributed by atoms with van der Waals surface area (Å²) >= 11 is 0. The summed E-state index contributed by atoms with van der Waals surface area (Å²) in [5.74, 6) is -0.574. The van der Waals surface area contributed by atoms with Crippen molar-refractivity contribution in [3.63, 3.8) is 0 Å². The van der Waals surface area contributed by atoms with E-state index in [4.69, 9.17) is 16.4 Å². The van der Waals surface area contributed by atoms with Crippen LogP contribution >= 0.6 is 10.7 Å². The highest BCUT2D eigenvalue weighted by Gasteiger charge is 2.24. The minimum atomic E-state index is -4.32. The Hall–Kier alpha value is -1.34. The fraction of sp³-hybridized carbons (Fsp3) is 0. The van der Waals surface area contributed by atoms with E-state index in [1.54, 1.807) is 0 Å². The van der Waals surface area contributed by atoms with E-state index in [-0.39, 0.29) is 9.99 Å². The van der Waals surface area contributed by atoms with E-state index in [2.05, 4.69) is 0 Å². The third-order valence-electron chi connectivity index (χ3n) is 1.48. The molecule has 15 heavy (non-hydrogen) atoms. The van der Waals surface area contributed by atoms with Crippen molar-refractivity contribution in [3.8, 4) is 0 Å². The van der Waals surface area contributed by atoms with Crippen LogP contribution in [0.4, 0.5) is 14.9 Å². The minimum absolute atomic E-state index is 0.126. The number of carbonyl (C=O) groups is 1. The fourth-order valence-electron chi connectivity index (χ4n) is 0.937. The Morgan fingerprint density at radius 3 is 2.13 bits per heavy atom. The Balaban J connectivity index is 3.23. The molecule has 82 valence electrons. The topological polar surface area (TPSA) is 80.5 Å². The summed E-state index contributed by atoms with van der Waals surface area (Å²) in [6, 6.07) is 2.83. The summed E-state index contributed by atoms with van der Waals surface area (Å²) in [7, 11) is 0.651. The van der Waals surface area contributed by atoms with Gasteiger partial charge >= 0.3 is 15.3 Å². The number of primary amides is 1. The van der Waals surface area contributed by atoms with Crippen LogP contribution < -0.4 is 10.0 Å². The Kier molecular flexibility index (Phi) is 3.15. The number of halogens is 2. The molecule has 8 heteroatoms. The van der Waals surface area contributed by atoms with Crippen molar-refractivity contribution < 1.29 is 17.6 Å². The standard InChI is InChI=1S/C7H6ClFN2O3S/c8-15(13,14)11(7(10)12)6-3-1-5(9)2-4-6/h1-4H,(H2,10,12). The van der Waals surface area contributed by atoms with Gasteiger partial charge in [0.2, 0.25) is 0 Å². The SMILES string of the molecule is NC(=O)N(c1ccc(F)cc1)S(=O)(=O)Cl. The van der Waals surface area contributed by atoms with Gasteiger partial charge in [0.15, 0.2) is 0 Å². The summed E-state index contributed by atoms with van der Waals surface area (Å²) in [4.78, 5) is 10.8. The van der Waals surface area contributed by atoms with Gasteiger partial charge in [0.25, 0.3) is 0 Å². The lowest BCUT2D eigenvalue weighted by atomic mass is 10.3. The molecule has 0 unspecified atom stereocenters. The summed E-state index contributed by atoms with van der Waals surface area (Å²) < 4.78 is 34.6. The van der Waals surface area contributed by atoms with E-state index >= 15 is 0 Å². The van der Waals surface area contributed by atoms with Crippen molar-refractivity contribution >= 4 is 31.6 Å². The normalized spacial score (nSPS) is 11.1. The fourth-order valence-corrected chi connectivity index (χ4v) is 1.97. The molecule has 0 saturated carbocycles. The van der Waals surface area contributed by atoms with Gasteiger partial charge in [-0.15, -0.1) is 0 Å². The first-order valence-corrected chi connectivity index (χ1v) is 5.89. The second-order valence-corrected chi connectivity index (χ2v) is 4.88. The maximum absolute atomic E-state index is 12.5. The smallest absolute Gasteiger partial charge is 0.334 e. The predicted molar refractivity (Wildman–Crippen MR) is 53.2 cm³/mol. The van der Waals surface area contributed by atoms with E-state index in [0.29, 0.717) is 0 Å². The molecule has 5 nitrogen and oxygen atoms in total. The highest BCUT2D eigenvalue weighted by molar-refractivity contribution is 8.15. The second-order valence-electron chi connectivity index (χ2n) is 2.52. The molecule has 0 heterocycles. The maximum atomic E-state index is 12.5. The van der Waals surface area contributed by atoms with Crippen LogP contribution in [0.3, 0.4) is 0 Å². The van der Waals surface area contributed by atoms with Crippen molar-refractivity contribution in [2.45, 2.75) is 0 Å². The molecule has 0 atom stereocenters. The number of hydrogen-bond acceptors (Lipinski definition) is 3. The summed E-state index contributed by atoms with van der Waals surface area (Å²) in [6.45, 7) is 0. The van der Waals surface area contributed by atoms with Crippen molar-refractivity contribution in [1.82, 2.24) is 0 Å². The number of nitrogens with two attached hydrogens (primary N) is 1. The largest absolute Gasteiger partial charge is 0.350 e. The third-order valence-corrected chi connectivity index (χ3v) is 2.72. The van der Waals surface area contributed by atoms with E-state index in [1.807, 2.05) is 0 Å². The van der Waals surface area contributed by atoms with Crippen LogP contribution in [0.1, 0.15) is 0 Å². The van der Waals surface area contributed by atoms with Crippen LogP contribution in [0.2, 0.25) is 0 Å². The second kappa shape index (κ2) is 4.03. The Bertz CT molecular complexity index is 474. The molecule has 0 aliphatic carbocycles. The summed E-state index contributed by atoms with van der Waals surface area (Å²) in [5, 5.41) is 0. The summed E-state index contributed by atoms with van der Waals surface area (Å²) in [6.07, 6.45) is 0. The van der Waals surface area contributed by atoms with E-state index in [1.165, 1.54) is 0 Å². The number of anilines is 1. The molecule has 1 aromatic carbocycles. The van der Waals surface area contributed by atoms with Crippen LogP contribution in [0.5, 0.6) is 0 Å². The molecular weight excluding hydrogens is 247 g/mol. The molecule has 1 aromatic rings. The number of benzene rings is 1. The van der Waals surface area contributed by atoms with E-state index in [9.17, 15) is 17.6 Å². The van der Waals surface area contributed by atoms with Gasteiger partial charge in [-0.25, -0.2) is 9.18 Å². The quantitative estimate of drug-likeness (QED) is 0.803. The number of urea groups is 1. The first kappa shape index (κ1) is 11.7. The molecular formula is C7H6ClFN2O3S. The van der Waals surface area contributed by atoms with Gasteiger partial charge < -0.3 is 5.73 Å². The molecule has 0 aliphatic rings. The van der Waals surface area contributed by atoms with Gasteiger partial charge in [0, 0.05) is 10.7 Å². The molecule has 1 rings (SSSR count). The zero-order valence-corrected chi connectivity index (χ0v) is 8.80. The molecule has 2 amide bonds. The minimum Gasteiger partial charge on any atom is -0.350 e. The van der Waals surface area contributed by atoms with E-state index < -0.39 is 21.1 Å². The lowest BCUT2D eigenvalue weighted by Crippen LogP contribution is -2.38. The predicted octanol–water partition coefficient (Wildman–Crippen LogP) is 1.19. The molecule has 0 fully saturated rings. The zero-order chi connectivity index (χ0) is 11.6. The van der Waals surface area contributed by atoms with E-state index in [0.717, 1.165) is 24.3 Å². The number of hydrogen-bond donors (Lipinski definition) is 1. The van der Waals surface area contributed by atoms with Gasteiger partial charge in [0.1, 0.15) is 5.82 Å². The van der Waals surface area contributed by atoms with Gasteiger partial charge in [-0.2, -0.15) is 12.7 Å². The third kappa shape index (κ3) is 2.80. The van der Waals surface area contributed by atoms with Crippen LogP contribution in [0, 0.1) is 5.82 Å². The van der Waals surface area contributed by atoms with Crippen LogP contribution in [-0.2, 0) is 9.24 Å². The maximum Gasteiger partial charge on any atom is 0.334 e. The van der Waals surface area contributed by atoms with Crippen LogP contribution in [0.15, 0.2) is 24.3 Å². The Labute approximate surface area is 89.8 Å². The van der Waals surface area contributed by atoms with Gasteiger partial charge in [-0.05, 0) is 24.3 Å². The number of rotatable bonds is 2. The first-order valence-electron chi connectivity index (χ1n) is 3.62. The number of amides is 2. The Morgan fingerprint density at radius 2 is 1.80 bits per heavy atom. The average molecular weight is 253 g/mol. The van der Waals surface area contributed by atoms with Crippen molar-refractivity contribution in [2.75, 3.05) is 4.31 Å². The first-order chi connectivity index (χ1) is 6.82. The van der Waals surface area contributed by atoms with Crippen molar-refractivity contribution in [1.29, 1.82) is 0 Å². The molecule has 2 N–H and O–H groups in total. The molecule has 0 spiro atoms.